The van der Waals surface area contributed by atoms with Crippen LogP contribution < -0.4 is 4.90 Å². The first-order valence-corrected chi connectivity index (χ1v) is 8.89. The van der Waals surface area contributed by atoms with Crippen LogP contribution >= 0.6 is 0 Å². The zero-order chi connectivity index (χ0) is 19.6. The van der Waals surface area contributed by atoms with E-state index in [0.29, 0.717) is 12.8 Å². The number of hydrogen-bond acceptors (Lipinski definition) is 6. The van der Waals surface area contributed by atoms with Crippen LogP contribution in [-0.2, 0) is 24.0 Å². The summed E-state index contributed by atoms with van der Waals surface area (Å²) >= 11 is 0. The highest BCUT2D eigenvalue weighted by Crippen LogP contribution is 2.49. The Morgan fingerprint density at radius 2 is 1.96 bits per heavy atom. The van der Waals surface area contributed by atoms with E-state index in [1.165, 1.54) is 14.2 Å². The Morgan fingerprint density at radius 1 is 1.22 bits per heavy atom. The summed E-state index contributed by atoms with van der Waals surface area (Å²) < 4.78 is 4.64. The SMILES string of the molecule is CCC1=C2[C@H](CC(=O)/C(=N/OC)C(=O)OC)c3ccccc3N2C(=O)CC1. The summed E-state index contributed by atoms with van der Waals surface area (Å²) in [6, 6.07) is 7.57. The molecule has 0 saturated heterocycles. The normalized spacial score (nSPS) is 18.9. The first-order chi connectivity index (χ1) is 13.0. The van der Waals surface area contributed by atoms with Crippen LogP contribution in [0.5, 0.6) is 0 Å². The molecule has 1 atom stereocenters. The van der Waals surface area contributed by atoms with Crippen LogP contribution in [0.2, 0.25) is 0 Å². The molecule has 1 aromatic carbocycles. The monoisotopic (exact) mass is 370 g/mol. The maximum absolute atomic E-state index is 12.8. The highest BCUT2D eigenvalue weighted by molar-refractivity contribution is 6.64. The fourth-order valence-corrected chi connectivity index (χ4v) is 3.83. The summed E-state index contributed by atoms with van der Waals surface area (Å²) in [4.78, 5) is 43.7. The first-order valence-electron chi connectivity index (χ1n) is 8.89. The fourth-order valence-electron chi connectivity index (χ4n) is 3.83. The van der Waals surface area contributed by atoms with Crippen LogP contribution in [0.4, 0.5) is 5.69 Å². The number of ketones is 1. The van der Waals surface area contributed by atoms with Crippen LogP contribution in [0.1, 0.15) is 44.1 Å². The van der Waals surface area contributed by atoms with Gasteiger partial charge in [0.05, 0.1) is 12.8 Å². The third-order valence-corrected chi connectivity index (χ3v) is 5.02. The molecule has 27 heavy (non-hydrogen) atoms. The van der Waals surface area contributed by atoms with Crippen molar-refractivity contribution in [1.29, 1.82) is 0 Å². The highest BCUT2D eigenvalue weighted by Gasteiger charge is 2.42. The molecule has 2 aliphatic rings. The molecule has 2 heterocycles. The summed E-state index contributed by atoms with van der Waals surface area (Å²) in [6.45, 7) is 2.05. The summed E-state index contributed by atoms with van der Waals surface area (Å²) in [5.74, 6) is -1.59. The molecule has 0 spiro atoms. The summed E-state index contributed by atoms with van der Waals surface area (Å²) in [5, 5.41) is 3.55. The van der Waals surface area contributed by atoms with Gasteiger partial charge in [-0.05, 0) is 30.0 Å². The minimum absolute atomic E-state index is 0.0108. The highest BCUT2D eigenvalue weighted by atomic mass is 16.6. The standard InChI is InChI=1S/C20H22N2O5/c1-4-12-9-10-17(24)22-15-8-6-5-7-13(15)14(19(12)22)11-16(23)18(21-27-3)20(25)26-2/h5-8,14H,4,9-11H2,1-3H3/b21-18-/t14-/m1/s1. The van der Waals surface area contributed by atoms with E-state index < -0.39 is 11.8 Å². The molecule has 3 rings (SSSR count). The Morgan fingerprint density at radius 3 is 2.63 bits per heavy atom. The van der Waals surface area contributed by atoms with Gasteiger partial charge in [-0.3, -0.25) is 14.5 Å². The lowest BCUT2D eigenvalue weighted by Crippen LogP contribution is -2.33. The van der Waals surface area contributed by atoms with E-state index in [1.54, 1.807) is 4.90 Å². The predicted octanol–water partition coefficient (Wildman–Crippen LogP) is 2.71. The topological polar surface area (TPSA) is 85.3 Å². The molecular weight excluding hydrogens is 348 g/mol. The van der Waals surface area contributed by atoms with Gasteiger partial charge in [-0.15, -0.1) is 0 Å². The lowest BCUT2D eigenvalue weighted by molar-refractivity contribution is -0.133. The number of anilines is 1. The average Bonchev–Trinajstić information content (AvgIpc) is 3.01. The van der Waals surface area contributed by atoms with Crippen molar-refractivity contribution in [3.05, 3.63) is 41.1 Å². The second-order valence-corrected chi connectivity index (χ2v) is 6.42. The predicted molar refractivity (Wildman–Crippen MR) is 99.3 cm³/mol. The van der Waals surface area contributed by atoms with Gasteiger partial charge in [-0.25, -0.2) is 4.79 Å². The zero-order valence-electron chi connectivity index (χ0n) is 15.7. The van der Waals surface area contributed by atoms with Gasteiger partial charge in [0.2, 0.25) is 11.6 Å². The van der Waals surface area contributed by atoms with E-state index in [9.17, 15) is 14.4 Å². The number of carbonyl (C=O) groups is 3. The second-order valence-electron chi connectivity index (χ2n) is 6.42. The number of fused-ring (bicyclic) bond motifs is 3. The van der Waals surface area contributed by atoms with Gasteiger partial charge >= 0.3 is 5.97 Å². The molecule has 0 radical (unpaired) electrons. The molecule has 142 valence electrons. The maximum Gasteiger partial charge on any atom is 0.363 e. The number of para-hydroxylation sites is 1. The van der Waals surface area contributed by atoms with E-state index in [0.717, 1.165) is 28.9 Å². The van der Waals surface area contributed by atoms with Crippen molar-refractivity contribution >= 4 is 29.1 Å². The molecule has 0 unspecified atom stereocenters. The number of amides is 1. The lowest BCUT2D eigenvalue weighted by Gasteiger charge is -2.29. The lowest BCUT2D eigenvalue weighted by atomic mass is 9.87. The van der Waals surface area contributed by atoms with Gasteiger partial charge in [0.25, 0.3) is 0 Å². The van der Waals surface area contributed by atoms with Crippen LogP contribution in [0.25, 0.3) is 0 Å². The molecule has 1 amide bonds. The number of methoxy groups -OCH3 is 1. The number of Topliss-reactive ketones (excluding diaryl/α,β-unsaturated/α-hetero) is 1. The number of benzene rings is 1. The third kappa shape index (κ3) is 3.25. The van der Waals surface area contributed by atoms with Gasteiger partial charge in [0.15, 0.2) is 5.78 Å². The van der Waals surface area contributed by atoms with Crippen molar-refractivity contribution in [2.24, 2.45) is 5.16 Å². The largest absolute Gasteiger partial charge is 0.464 e. The number of oxime groups is 1. The van der Waals surface area contributed by atoms with Crippen molar-refractivity contribution in [2.45, 2.75) is 38.5 Å². The molecule has 0 fully saturated rings. The van der Waals surface area contributed by atoms with Gasteiger partial charge in [0, 0.05) is 24.5 Å². The van der Waals surface area contributed by atoms with Gasteiger partial charge < -0.3 is 9.57 Å². The summed E-state index contributed by atoms with van der Waals surface area (Å²) in [6.07, 6.45) is 1.96. The zero-order valence-corrected chi connectivity index (χ0v) is 15.7. The van der Waals surface area contributed by atoms with Crippen molar-refractivity contribution in [1.82, 2.24) is 0 Å². The summed E-state index contributed by atoms with van der Waals surface area (Å²) in [5.41, 5.74) is 3.36. The van der Waals surface area contributed by atoms with Gasteiger partial charge in [-0.2, -0.15) is 0 Å². The van der Waals surface area contributed by atoms with E-state index in [4.69, 9.17) is 0 Å². The Balaban J connectivity index is 2.04. The van der Waals surface area contributed by atoms with Crippen molar-refractivity contribution < 1.29 is 24.0 Å². The average molecular weight is 370 g/mol. The van der Waals surface area contributed by atoms with Crippen LogP contribution in [0.15, 0.2) is 40.7 Å². The number of rotatable bonds is 6. The van der Waals surface area contributed by atoms with E-state index in [-0.39, 0.29) is 24.0 Å². The smallest absolute Gasteiger partial charge is 0.363 e. The number of allylic oxidation sites excluding steroid dienone is 2. The fraction of sp³-hybridized carbons (Fsp3) is 0.400. The molecule has 1 aromatic rings. The van der Waals surface area contributed by atoms with Crippen molar-refractivity contribution in [2.75, 3.05) is 19.1 Å². The molecule has 7 heteroatoms. The molecule has 0 aliphatic carbocycles. The first kappa shape index (κ1) is 18.8. The minimum Gasteiger partial charge on any atom is -0.464 e. The maximum atomic E-state index is 12.8. The van der Waals surface area contributed by atoms with E-state index in [1.807, 2.05) is 31.2 Å². The Hall–Kier alpha value is -2.96. The quantitative estimate of drug-likeness (QED) is 0.333. The Bertz CT molecular complexity index is 856. The summed E-state index contributed by atoms with van der Waals surface area (Å²) in [7, 11) is 2.45. The molecule has 2 aliphatic heterocycles. The number of carbonyl (C=O) groups excluding carboxylic acids is 3. The number of nitrogens with zero attached hydrogens (tertiary/aromatic N) is 2. The van der Waals surface area contributed by atoms with Crippen molar-refractivity contribution in [3.8, 4) is 0 Å². The second kappa shape index (κ2) is 7.73. The molecule has 0 aromatic heterocycles. The molecule has 0 saturated carbocycles. The van der Waals surface area contributed by atoms with Gasteiger partial charge in [0.1, 0.15) is 7.11 Å². The molecule has 7 nitrogen and oxygen atoms in total. The third-order valence-electron chi connectivity index (χ3n) is 5.02. The Kier molecular flexibility index (Phi) is 5.39. The van der Waals surface area contributed by atoms with Crippen LogP contribution in [0.3, 0.4) is 0 Å². The molecule has 0 N–H and O–H groups in total. The molecule has 0 bridgehead atoms. The molecular formula is C20H22N2O5. The number of esters is 1. The van der Waals surface area contributed by atoms with E-state index in [2.05, 4.69) is 14.7 Å². The van der Waals surface area contributed by atoms with Crippen LogP contribution in [-0.4, -0.2) is 37.6 Å². The van der Waals surface area contributed by atoms with Crippen LogP contribution in [0, 0.1) is 0 Å². The van der Waals surface area contributed by atoms with E-state index >= 15 is 0 Å². The van der Waals surface area contributed by atoms with Crippen molar-refractivity contribution in [3.63, 3.8) is 0 Å². The number of hydrogen-bond donors (Lipinski definition) is 0. The van der Waals surface area contributed by atoms with Gasteiger partial charge in [-0.1, -0.05) is 30.3 Å². The minimum atomic E-state index is -0.839. The Labute approximate surface area is 157 Å². The number of ether oxygens (including phenoxy) is 1.